The molecule has 1 atom stereocenters. The Bertz CT molecular complexity index is 397. The average Bonchev–Trinajstić information content (AvgIpc) is 2.29. The van der Waals surface area contributed by atoms with Gasteiger partial charge in [0.15, 0.2) is 0 Å². The average molecular weight is 223 g/mol. The van der Waals surface area contributed by atoms with Crippen LogP contribution in [-0.4, -0.2) is 34.9 Å². The van der Waals surface area contributed by atoms with E-state index in [1.54, 1.807) is 11.0 Å². The van der Waals surface area contributed by atoms with Crippen LogP contribution in [0.5, 0.6) is 0 Å². The van der Waals surface area contributed by atoms with E-state index in [9.17, 15) is 9.18 Å². The first-order valence-corrected chi connectivity index (χ1v) is 5.34. The number of hydrogen-bond donors (Lipinski definition) is 1. The number of rotatable bonds is 1. The Labute approximate surface area is 93.3 Å². The molecule has 0 saturated carbocycles. The van der Waals surface area contributed by atoms with E-state index < -0.39 is 5.95 Å². The van der Waals surface area contributed by atoms with E-state index in [0.717, 1.165) is 12.8 Å². The van der Waals surface area contributed by atoms with Gasteiger partial charge in [-0.15, -0.1) is 0 Å². The fraction of sp³-hybridized carbons (Fsp3) is 0.455. The molecule has 0 spiro atoms. The van der Waals surface area contributed by atoms with Crippen LogP contribution in [0.2, 0.25) is 0 Å². The summed E-state index contributed by atoms with van der Waals surface area (Å²) in [6.45, 7) is 1.13. The maximum Gasteiger partial charge on any atom is 0.258 e. The van der Waals surface area contributed by atoms with Crippen LogP contribution in [0.25, 0.3) is 0 Å². The number of halogens is 1. The van der Waals surface area contributed by atoms with E-state index in [4.69, 9.17) is 5.73 Å². The fourth-order valence-electron chi connectivity index (χ4n) is 1.91. The first-order chi connectivity index (χ1) is 7.68. The number of piperidine rings is 1. The normalized spacial score (nSPS) is 20.9. The quantitative estimate of drug-likeness (QED) is 0.716. The number of carbonyl (C=O) groups is 1. The lowest BCUT2D eigenvalue weighted by Crippen LogP contribution is -2.45. The Balaban J connectivity index is 2.16. The van der Waals surface area contributed by atoms with Crippen LogP contribution < -0.4 is 5.73 Å². The molecule has 1 fully saturated rings. The van der Waals surface area contributed by atoms with Gasteiger partial charge in [0, 0.05) is 25.3 Å². The lowest BCUT2D eigenvalue weighted by molar-refractivity contribution is 0.0703. The van der Waals surface area contributed by atoms with Crippen LogP contribution in [0.4, 0.5) is 4.39 Å². The molecule has 1 aliphatic heterocycles. The van der Waals surface area contributed by atoms with Crippen LogP contribution >= 0.6 is 0 Å². The fourth-order valence-corrected chi connectivity index (χ4v) is 1.91. The molecule has 4 nitrogen and oxygen atoms in total. The van der Waals surface area contributed by atoms with Gasteiger partial charge >= 0.3 is 0 Å². The van der Waals surface area contributed by atoms with Crippen molar-refractivity contribution in [2.75, 3.05) is 13.1 Å². The number of nitrogens with two attached hydrogens (primary N) is 1. The second-order valence-corrected chi connectivity index (χ2v) is 4.00. The zero-order valence-corrected chi connectivity index (χ0v) is 8.90. The Morgan fingerprint density at radius 1 is 1.62 bits per heavy atom. The monoisotopic (exact) mass is 223 g/mol. The molecule has 1 aliphatic rings. The molecule has 5 heteroatoms. The number of nitrogens with zero attached hydrogens (tertiary/aromatic N) is 2. The molecule has 1 amide bonds. The van der Waals surface area contributed by atoms with E-state index in [0.29, 0.717) is 13.1 Å². The highest BCUT2D eigenvalue weighted by molar-refractivity contribution is 5.94. The molecule has 1 aromatic rings. The number of aromatic nitrogens is 1. The third-order valence-corrected chi connectivity index (χ3v) is 2.73. The zero-order chi connectivity index (χ0) is 11.5. The number of amides is 1. The standard InChI is InChI=1S/C11H14FN3O/c12-10-9(4-1-5-14-10)11(16)15-6-2-3-8(13)7-15/h1,4-5,8H,2-3,6-7,13H2/t8-/m0/s1. The first-order valence-electron chi connectivity index (χ1n) is 5.34. The van der Waals surface area contributed by atoms with Crippen LogP contribution in [0.3, 0.4) is 0 Å². The second-order valence-electron chi connectivity index (χ2n) is 4.00. The van der Waals surface area contributed by atoms with Gasteiger partial charge < -0.3 is 10.6 Å². The summed E-state index contributed by atoms with van der Waals surface area (Å²) in [6, 6.07) is 3.00. The highest BCUT2D eigenvalue weighted by atomic mass is 19.1. The van der Waals surface area contributed by atoms with E-state index in [2.05, 4.69) is 4.98 Å². The molecule has 86 valence electrons. The number of likely N-dealkylation sites (tertiary alicyclic amines) is 1. The molecule has 0 unspecified atom stereocenters. The molecular formula is C11H14FN3O. The number of hydrogen-bond acceptors (Lipinski definition) is 3. The molecular weight excluding hydrogens is 209 g/mol. The molecule has 2 heterocycles. The summed E-state index contributed by atoms with van der Waals surface area (Å²) < 4.78 is 13.3. The predicted octanol–water partition coefficient (Wildman–Crippen LogP) is 0.784. The summed E-state index contributed by atoms with van der Waals surface area (Å²) in [5, 5.41) is 0. The Morgan fingerprint density at radius 3 is 3.12 bits per heavy atom. The molecule has 1 saturated heterocycles. The summed E-state index contributed by atoms with van der Waals surface area (Å²) in [5.74, 6) is -1.03. The summed E-state index contributed by atoms with van der Waals surface area (Å²) in [5.41, 5.74) is 5.80. The van der Waals surface area contributed by atoms with E-state index in [-0.39, 0.29) is 17.5 Å². The molecule has 0 aromatic carbocycles. The SMILES string of the molecule is N[C@H]1CCCN(C(=O)c2cccnc2F)C1. The minimum absolute atomic E-state index is 0.00238. The van der Waals surface area contributed by atoms with Crippen molar-refractivity contribution in [3.05, 3.63) is 29.8 Å². The van der Waals surface area contributed by atoms with Gasteiger partial charge in [0.25, 0.3) is 5.91 Å². The summed E-state index contributed by atoms with van der Waals surface area (Å²) in [4.78, 5) is 17.0. The van der Waals surface area contributed by atoms with Gasteiger partial charge in [0.1, 0.15) is 0 Å². The summed E-state index contributed by atoms with van der Waals surface area (Å²) in [6.07, 6.45) is 3.11. The Hall–Kier alpha value is -1.49. The molecule has 2 rings (SSSR count). The van der Waals surface area contributed by atoms with Gasteiger partial charge in [-0.2, -0.15) is 4.39 Å². The summed E-state index contributed by atoms with van der Waals surface area (Å²) >= 11 is 0. The van der Waals surface area contributed by atoms with Crippen molar-refractivity contribution in [3.63, 3.8) is 0 Å². The first kappa shape index (κ1) is 11.0. The predicted molar refractivity (Wildman–Crippen MR) is 57.3 cm³/mol. The molecule has 1 aromatic heterocycles. The van der Waals surface area contributed by atoms with E-state index >= 15 is 0 Å². The van der Waals surface area contributed by atoms with Crippen LogP contribution in [0.15, 0.2) is 18.3 Å². The van der Waals surface area contributed by atoms with Gasteiger partial charge in [0.05, 0.1) is 5.56 Å². The van der Waals surface area contributed by atoms with Crippen molar-refractivity contribution in [2.45, 2.75) is 18.9 Å². The third-order valence-electron chi connectivity index (χ3n) is 2.73. The third kappa shape index (κ3) is 2.19. The van der Waals surface area contributed by atoms with E-state index in [1.165, 1.54) is 12.3 Å². The molecule has 0 radical (unpaired) electrons. The van der Waals surface area contributed by atoms with Gasteiger partial charge in [0.2, 0.25) is 5.95 Å². The molecule has 0 bridgehead atoms. The minimum Gasteiger partial charge on any atom is -0.337 e. The highest BCUT2D eigenvalue weighted by Gasteiger charge is 2.24. The van der Waals surface area contributed by atoms with E-state index in [1.807, 2.05) is 0 Å². The topological polar surface area (TPSA) is 59.2 Å². The van der Waals surface area contributed by atoms with Crippen molar-refractivity contribution in [1.82, 2.24) is 9.88 Å². The van der Waals surface area contributed by atoms with Gasteiger partial charge in [-0.25, -0.2) is 4.98 Å². The van der Waals surface area contributed by atoms with Crippen LogP contribution in [-0.2, 0) is 0 Å². The number of pyridine rings is 1. The highest BCUT2D eigenvalue weighted by Crippen LogP contribution is 2.13. The van der Waals surface area contributed by atoms with Gasteiger partial charge in [-0.05, 0) is 25.0 Å². The number of carbonyl (C=O) groups excluding carboxylic acids is 1. The maximum absolute atomic E-state index is 13.3. The van der Waals surface area contributed by atoms with Gasteiger partial charge in [-0.3, -0.25) is 4.79 Å². The smallest absolute Gasteiger partial charge is 0.258 e. The molecule has 0 aliphatic carbocycles. The minimum atomic E-state index is -0.716. The Kier molecular flexibility index (Phi) is 3.14. The second kappa shape index (κ2) is 4.57. The van der Waals surface area contributed by atoms with Crippen LogP contribution in [0, 0.1) is 5.95 Å². The summed E-state index contributed by atoms with van der Waals surface area (Å²) in [7, 11) is 0. The van der Waals surface area contributed by atoms with Crippen molar-refractivity contribution < 1.29 is 9.18 Å². The molecule has 2 N–H and O–H groups in total. The van der Waals surface area contributed by atoms with Crippen molar-refractivity contribution >= 4 is 5.91 Å². The van der Waals surface area contributed by atoms with Crippen molar-refractivity contribution in [2.24, 2.45) is 5.73 Å². The van der Waals surface area contributed by atoms with Gasteiger partial charge in [-0.1, -0.05) is 0 Å². The van der Waals surface area contributed by atoms with Crippen molar-refractivity contribution in [3.8, 4) is 0 Å². The molecule has 16 heavy (non-hydrogen) atoms. The lowest BCUT2D eigenvalue weighted by Gasteiger charge is -2.30. The lowest BCUT2D eigenvalue weighted by atomic mass is 10.1. The van der Waals surface area contributed by atoms with Crippen molar-refractivity contribution in [1.29, 1.82) is 0 Å². The van der Waals surface area contributed by atoms with Crippen LogP contribution in [0.1, 0.15) is 23.2 Å². The maximum atomic E-state index is 13.3. The zero-order valence-electron chi connectivity index (χ0n) is 8.90. The largest absolute Gasteiger partial charge is 0.337 e. The Morgan fingerprint density at radius 2 is 2.44 bits per heavy atom.